The summed E-state index contributed by atoms with van der Waals surface area (Å²) in [5.74, 6) is 2.86. The van der Waals surface area contributed by atoms with Gasteiger partial charge in [0.2, 0.25) is 5.91 Å². The monoisotopic (exact) mass is 454 g/mol. The number of thiophene rings is 1. The molecule has 4 aliphatic rings. The zero-order chi connectivity index (χ0) is 21.3. The third kappa shape index (κ3) is 4.85. The van der Waals surface area contributed by atoms with Gasteiger partial charge in [-0.05, 0) is 86.3 Å². The highest BCUT2D eigenvalue weighted by atomic mass is 32.2. The van der Waals surface area contributed by atoms with Crippen LogP contribution in [0.4, 0.5) is 0 Å². The molecule has 0 atom stereocenters. The number of hydrogen-bond acceptors (Lipinski definition) is 4. The van der Waals surface area contributed by atoms with Gasteiger partial charge in [-0.1, -0.05) is 18.2 Å². The number of rotatable bonds is 8. The predicted molar refractivity (Wildman–Crippen MR) is 127 cm³/mol. The summed E-state index contributed by atoms with van der Waals surface area (Å²) in [6.45, 7) is 0.616. The maximum Gasteiger partial charge on any atom is 0.252 e. The van der Waals surface area contributed by atoms with Crippen molar-refractivity contribution in [1.29, 1.82) is 0 Å². The van der Waals surface area contributed by atoms with E-state index in [1.165, 1.54) is 55.2 Å². The van der Waals surface area contributed by atoms with E-state index in [0.29, 0.717) is 17.9 Å². The van der Waals surface area contributed by atoms with Crippen LogP contribution in [0.3, 0.4) is 0 Å². The van der Waals surface area contributed by atoms with Crippen molar-refractivity contribution >= 4 is 34.9 Å². The highest BCUT2D eigenvalue weighted by Gasteiger charge is 2.51. The Morgan fingerprint density at radius 3 is 2.39 bits per heavy atom. The Balaban J connectivity index is 1.15. The Bertz CT molecular complexity index is 905. The summed E-state index contributed by atoms with van der Waals surface area (Å²) in [6.07, 6.45) is 8.46. The Labute approximate surface area is 192 Å². The number of nitrogens with one attached hydrogen (secondary N) is 2. The summed E-state index contributed by atoms with van der Waals surface area (Å²) in [5, 5.41) is 8.51. The minimum atomic E-state index is -0.0684. The third-order valence-electron chi connectivity index (χ3n) is 7.17. The van der Waals surface area contributed by atoms with Crippen LogP contribution in [0.2, 0.25) is 0 Å². The first-order valence-electron chi connectivity index (χ1n) is 11.4. The van der Waals surface area contributed by atoms with Crippen LogP contribution in [0, 0.1) is 17.8 Å². The van der Waals surface area contributed by atoms with Gasteiger partial charge in [-0.3, -0.25) is 9.59 Å². The molecule has 4 fully saturated rings. The molecule has 1 heterocycles. The number of thioether (sulfide) groups is 1. The van der Waals surface area contributed by atoms with Crippen molar-refractivity contribution in [3.63, 3.8) is 0 Å². The van der Waals surface area contributed by atoms with Crippen molar-refractivity contribution in [2.75, 3.05) is 12.3 Å². The van der Waals surface area contributed by atoms with Crippen LogP contribution in [0.1, 0.15) is 53.8 Å². The SMILES string of the molecule is O=C(CSc1ccccc1C(=O)NCCc1cccs1)NC12CC3CC(CC(C3)C1)C2. The second kappa shape index (κ2) is 8.99. The van der Waals surface area contributed by atoms with E-state index in [9.17, 15) is 9.59 Å². The van der Waals surface area contributed by atoms with Crippen molar-refractivity contribution in [3.05, 3.63) is 52.2 Å². The summed E-state index contributed by atoms with van der Waals surface area (Å²) in [4.78, 5) is 27.7. The molecule has 0 aliphatic heterocycles. The lowest BCUT2D eigenvalue weighted by Crippen LogP contribution is -2.60. The molecule has 2 aromatic rings. The van der Waals surface area contributed by atoms with Crippen LogP contribution in [0.5, 0.6) is 0 Å². The Hall–Kier alpha value is -1.79. The minimum Gasteiger partial charge on any atom is -0.352 e. The van der Waals surface area contributed by atoms with Crippen LogP contribution < -0.4 is 10.6 Å². The van der Waals surface area contributed by atoms with E-state index in [0.717, 1.165) is 29.1 Å². The van der Waals surface area contributed by atoms with Crippen LogP contribution in [-0.2, 0) is 11.2 Å². The van der Waals surface area contributed by atoms with Crippen molar-refractivity contribution in [2.45, 2.75) is 55.4 Å². The number of amides is 2. The largest absolute Gasteiger partial charge is 0.352 e. The first kappa shape index (κ1) is 21.1. The lowest BCUT2D eigenvalue weighted by molar-refractivity contribution is -0.124. The van der Waals surface area contributed by atoms with E-state index in [2.05, 4.69) is 22.1 Å². The highest BCUT2D eigenvalue weighted by molar-refractivity contribution is 8.00. The second-order valence-electron chi connectivity index (χ2n) is 9.62. The molecule has 0 spiro atoms. The van der Waals surface area contributed by atoms with Gasteiger partial charge in [-0.25, -0.2) is 0 Å². The summed E-state index contributed by atoms with van der Waals surface area (Å²) in [7, 11) is 0. The molecule has 4 bridgehead atoms. The molecule has 4 nitrogen and oxygen atoms in total. The first-order chi connectivity index (χ1) is 15.1. The quantitative estimate of drug-likeness (QED) is 0.558. The summed E-state index contributed by atoms with van der Waals surface area (Å²) < 4.78 is 0. The molecular weight excluding hydrogens is 424 g/mol. The van der Waals surface area contributed by atoms with Crippen LogP contribution in [0.25, 0.3) is 0 Å². The lowest BCUT2D eigenvalue weighted by atomic mass is 9.53. The van der Waals surface area contributed by atoms with E-state index in [-0.39, 0.29) is 17.4 Å². The molecule has 6 heteroatoms. The normalized spacial score (nSPS) is 28.5. The predicted octanol–water partition coefficient (Wildman–Crippen LogP) is 4.90. The number of hydrogen-bond donors (Lipinski definition) is 2. The maximum absolute atomic E-state index is 12.9. The van der Waals surface area contributed by atoms with Crippen molar-refractivity contribution < 1.29 is 9.59 Å². The van der Waals surface area contributed by atoms with Gasteiger partial charge in [0, 0.05) is 21.9 Å². The topological polar surface area (TPSA) is 58.2 Å². The van der Waals surface area contributed by atoms with Gasteiger partial charge < -0.3 is 10.6 Å². The van der Waals surface area contributed by atoms with Gasteiger partial charge >= 0.3 is 0 Å². The maximum atomic E-state index is 12.9. The molecule has 4 saturated carbocycles. The van der Waals surface area contributed by atoms with Gasteiger partial charge in [0.25, 0.3) is 5.91 Å². The van der Waals surface area contributed by atoms with Gasteiger partial charge in [0.15, 0.2) is 0 Å². The van der Waals surface area contributed by atoms with E-state index in [1.807, 2.05) is 30.3 Å². The number of carbonyl (C=O) groups excluding carboxylic acids is 2. The highest BCUT2D eigenvalue weighted by Crippen LogP contribution is 2.55. The van der Waals surface area contributed by atoms with Gasteiger partial charge in [-0.15, -0.1) is 23.1 Å². The fraction of sp³-hybridized carbons (Fsp3) is 0.520. The average Bonchev–Trinajstić information content (AvgIpc) is 3.24. The Morgan fingerprint density at radius 2 is 1.71 bits per heavy atom. The summed E-state index contributed by atoms with van der Waals surface area (Å²) >= 11 is 3.18. The van der Waals surface area contributed by atoms with E-state index < -0.39 is 0 Å². The van der Waals surface area contributed by atoms with E-state index >= 15 is 0 Å². The molecule has 1 aromatic heterocycles. The molecule has 0 radical (unpaired) electrons. The van der Waals surface area contributed by atoms with Gasteiger partial charge in [0.1, 0.15) is 0 Å². The van der Waals surface area contributed by atoms with Crippen molar-refractivity contribution in [2.24, 2.45) is 17.8 Å². The van der Waals surface area contributed by atoms with Crippen LogP contribution >= 0.6 is 23.1 Å². The molecule has 1 aromatic carbocycles. The smallest absolute Gasteiger partial charge is 0.252 e. The Kier molecular flexibility index (Phi) is 6.11. The molecule has 2 amide bonds. The van der Waals surface area contributed by atoms with Crippen LogP contribution in [-0.4, -0.2) is 29.7 Å². The number of benzene rings is 1. The minimum absolute atomic E-state index is 0.0467. The standard InChI is InChI=1S/C25H30N2O2S2/c28-23(27-25-13-17-10-18(14-25)12-19(11-17)15-25)16-31-22-6-2-1-5-21(22)24(29)26-8-7-20-4-3-9-30-20/h1-6,9,17-19H,7-8,10-16H2,(H,26,29)(H,27,28). The third-order valence-corrected chi connectivity index (χ3v) is 9.18. The zero-order valence-corrected chi connectivity index (χ0v) is 19.4. The van der Waals surface area contributed by atoms with Gasteiger partial charge in [-0.2, -0.15) is 0 Å². The molecule has 164 valence electrons. The van der Waals surface area contributed by atoms with Gasteiger partial charge in [0.05, 0.1) is 11.3 Å². The fourth-order valence-electron chi connectivity index (χ4n) is 6.37. The molecule has 0 saturated heterocycles. The fourth-order valence-corrected chi connectivity index (χ4v) is 7.93. The molecule has 2 N–H and O–H groups in total. The zero-order valence-electron chi connectivity index (χ0n) is 17.8. The molecular formula is C25H30N2O2S2. The molecule has 4 aliphatic carbocycles. The molecule has 6 rings (SSSR count). The molecule has 31 heavy (non-hydrogen) atoms. The van der Waals surface area contributed by atoms with Crippen LogP contribution in [0.15, 0.2) is 46.7 Å². The first-order valence-corrected chi connectivity index (χ1v) is 13.3. The second-order valence-corrected chi connectivity index (χ2v) is 11.7. The number of carbonyl (C=O) groups is 2. The molecule has 0 unspecified atom stereocenters. The average molecular weight is 455 g/mol. The Morgan fingerprint density at radius 1 is 1.00 bits per heavy atom. The van der Waals surface area contributed by atoms with Crippen molar-refractivity contribution in [3.8, 4) is 0 Å². The van der Waals surface area contributed by atoms with E-state index in [1.54, 1.807) is 11.3 Å². The summed E-state index contributed by atoms with van der Waals surface area (Å²) in [5.41, 5.74) is 0.701. The lowest BCUT2D eigenvalue weighted by Gasteiger charge is -2.56. The summed E-state index contributed by atoms with van der Waals surface area (Å²) in [6, 6.07) is 11.7. The van der Waals surface area contributed by atoms with Crippen molar-refractivity contribution in [1.82, 2.24) is 10.6 Å². The van der Waals surface area contributed by atoms with E-state index in [4.69, 9.17) is 0 Å².